The number of nitro benzene ring substituents is 1. The van der Waals surface area contributed by atoms with Crippen LogP contribution < -0.4 is 11.2 Å². The normalized spacial score (nSPS) is 10.9. The first-order valence-electron chi connectivity index (χ1n) is 5.94. The molecule has 0 aliphatic carbocycles. The maximum Gasteiger partial charge on any atom is 0.332 e. The number of benzene rings is 1. The van der Waals surface area contributed by atoms with Crippen molar-refractivity contribution in [2.75, 3.05) is 0 Å². The Morgan fingerprint density at radius 2 is 1.95 bits per heavy atom. The molecule has 0 atom stereocenters. The molecule has 9 nitrogen and oxygen atoms in total. The number of imidazole rings is 1. The molecule has 9 heteroatoms. The van der Waals surface area contributed by atoms with Crippen LogP contribution in [0.5, 0.6) is 0 Å². The van der Waals surface area contributed by atoms with E-state index in [1.54, 1.807) is 13.0 Å². The van der Waals surface area contributed by atoms with Gasteiger partial charge < -0.3 is 4.98 Å². The molecule has 21 heavy (non-hydrogen) atoms. The highest BCUT2D eigenvalue weighted by atomic mass is 16.6. The van der Waals surface area contributed by atoms with Crippen LogP contribution in [0, 0.1) is 17.0 Å². The maximum absolute atomic E-state index is 12.1. The van der Waals surface area contributed by atoms with Crippen LogP contribution in [0.4, 0.5) is 5.69 Å². The minimum atomic E-state index is -0.664. The number of H-pyrrole nitrogens is 2. The van der Waals surface area contributed by atoms with Gasteiger partial charge in [-0.25, -0.2) is 14.3 Å². The number of hydrogen-bond donors (Lipinski definition) is 2. The summed E-state index contributed by atoms with van der Waals surface area (Å²) in [7, 11) is 0. The van der Waals surface area contributed by atoms with Gasteiger partial charge in [0.25, 0.3) is 11.2 Å². The Morgan fingerprint density at radius 3 is 2.67 bits per heavy atom. The number of nitrogens with zero attached hydrogens (tertiary/aromatic N) is 3. The summed E-state index contributed by atoms with van der Waals surface area (Å²) in [6, 6.07) is 5.68. The largest absolute Gasteiger partial charge is 0.332 e. The maximum atomic E-state index is 12.1. The van der Waals surface area contributed by atoms with Gasteiger partial charge in [0.2, 0.25) is 0 Å². The van der Waals surface area contributed by atoms with E-state index in [1.807, 2.05) is 0 Å². The number of fused-ring (bicyclic) bond motifs is 1. The zero-order valence-corrected chi connectivity index (χ0v) is 10.8. The van der Waals surface area contributed by atoms with Crippen LogP contribution in [0.15, 0.2) is 33.9 Å². The molecule has 3 rings (SSSR count). The SMILES string of the molecule is Cc1nc2[nH]c(=O)n(-c3ccccc3[N+](=O)[O-])c2c(=O)[nH]1. The highest BCUT2D eigenvalue weighted by Crippen LogP contribution is 2.22. The molecular formula is C12H9N5O4. The molecule has 2 N–H and O–H groups in total. The lowest BCUT2D eigenvalue weighted by Crippen LogP contribution is -2.20. The molecule has 0 radical (unpaired) electrons. The van der Waals surface area contributed by atoms with E-state index in [9.17, 15) is 19.7 Å². The second kappa shape index (κ2) is 4.40. The number of aromatic nitrogens is 4. The van der Waals surface area contributed by atoms with Gasteiger partial charge in [0.15, 0.2) is 11.2 Å². The van der Waals surface area contributed by atoms with Crippen LogP contribution in [-0.2, 0) is 0 Å². The Bertz CT molecular complexity index is 981. The quantitative estimate of drug-likeness (QED) is 0.527. The Kier molecular flexibility index (Phi) is 2.68. The van der Waals surface area contributed by atoms with Crippen LogP contribution >= 0.6 is 0 Å². The van der Waals surface area contributed by atoms with Gasteiger partial charge in [0, 0.05) is 6.07 Å². The molecule has 2 aromatic heterocycles. The fraction of sp³-hybridized carbons (Fsp3) is 0.0833. The summed E-state index contributed by atoms with van der Waals surface area (Å²) < 4.78 is 0.957. The van der Waals surface area contributed by atoms with Crippen molar-refractivity contribution in [3.63, 3.8) is 0 Å². The van der Waals surface area contributed by atoms with Gasteiger partial charge in [-0.3, -0.25) is 19.9 Å². The average Bonchev–Trinajstić information content (AvgIpc) is 2.74. The van der Waals surface area contributed by atoms with Crippen molar-refractivity contribution in [3.8, 4) is 5.69 Å². The van der Waals surface area contributed by atoms with Crippen molar-refractivity contribution >= 4 is 16.9 Å². The lowest BCUT2D eigenvalue weighted by Gasteiger charge is -2.03. The van der Waals surface area contributed by atoms with Crippen LogP contribution in [0.1, 0.15) is 5.82 Å². The van der Waals surface area contributed by atoms with Crippen LogP contribution in [0.3, 0.4) is 0 Å². The topological polar surface area (TPSA) is 127 Å². The Hall–Kier alpha value is -3.23. The number of para-hydroxylation sites is 2. The molecule has 106 valence electrons. The van der Waals surface area contributed by atoms with Crippen LogP contribution in [0.25, 0.3) is 16.9 Å². The van der Waals surface area contributed by atoms with Crippen molar-refractivity contribution in [1.82, 2.24) is 19.5 Å². The third-order valence-corrected chi connectivity index (χ3v) is 2.98. The average molecular weight is 287 g/mol. The summed E-state index contributed by atoms with van der Waals surface area (Å²) in [5.74, 6) is 0.337. The van der Waals surface area contributed by atoms with Gasteiger partial charge in [-0.2, -0.15) is 0 Å². The Labute approximate surface area is 116 Å². The molecule has 3 aromatic rings. The van der Waals surface area contributed by atoms with E-state index in [0.29, 0.717) is 5.82 Å². The number of rotatable bonds is 2. The summed E-state index contributed by atoms with van der Waals surface area (Å²) in [4.78, 5) is 43.5. The second-order valence-corrected chi connectivity index (χ2v) is 4.36. The smallest absolute Gasteiger partial charge is 0.309 e. The van der Waals surface area contributed by atoms with E-state index >= 15 is 0 Å². The minimum absolute atomic E-state index is 0.00917. The third-order valence-electron chi connectivity index (χ3n) is 2.98. The number of nitrogens with one attached hydrogen (secondary N) is 2. The summed E-state index contributed by atoms with van der Waals surface area (Å²) >= 11 is 0. The molecular weight excluding hydrogens is 278 g/mol. The molecule has 0 amide bonds. The number of hydrogen-bond acceptors (Lipinski definition) is 5. The Morgan fingerprint density at radius 1 is 1.24 bits per heavy atom. The second-order valence-electron chi connectivity index (χ2n) is 4.36. The van der Waals surface area contributed by atoms with E-state index in [0.717, 1.165) is 4.57 Å². The standard InChI is InChI=1S/C12H9N5O4/c1-6-13-10-9(11(18)14-6)16(12(19)15-10)7-4-2-3-5-8(7)17(20)21/h2-5H,1H3,(H2,13,14,15,18,19). The molecule has 0 saturated carbocycles. The summed E-state index contributed by atoms with van der Waals surface area (Å²) in [6.45, 7) is 1.57. The molecule has 0 aliphatic heterocycles. The lowest BCUT2D eigenvalue weighted by atomic mass is 10.2. The van der Waals surface area contributed by atoms with Crippen molar-refractivity contribution in [2.24, 2.45) is 0 Å². The summed E-state index contributed by atoms with van der Waals surface area (Å²) in [6.07, 6.45) is 0. The minimum Gasteiger partial charge on any atom is -0.309 e. The van der Waals surface area contributed by atoms with Crippen LogP contribution in [0.2, 0.25) is 0 Å². The van der Waals surface area contributed by atoms with Gasteiger partial charge in [0.05, 0.1) is 4.92 Å². The van der Waals surface area contributed by atoms with Crippen molar-refractivity contribution in [1.29, 1.82) is 0 Å². The fourth-order valence-corrected chi connectivity index (χ4v) is 2.17. The van der Waals surface area contributed by atoms with Crippen LogP contribution in [-0.4, -0.2) is 24.4 Å². The highest BCUT2D eigenvalue weighted by molar-refractivity contribution is 5.73. The number of nitro groups is 1. The highest BCUT2D eigenvalue weighted by Gasteiger charge is 2.21. The van der Waals surface area contributed by atoms with Gasteiger partial charge in [-0.05, 0) is 13.0 Å². The fourth-order valence-electron chi connectivity index (χ4n) is 2.17. The molecule has 2 heterocycles. The van der Waals surface area contributed by atoms with E-state index in [1.165, 1.54) is 18.2 Å². The van der Waals surface area contributed by atoms with Gasteiger partial charge in [0.1, 0.15) is 11.5 Å². The number of aromatic amines is 2. The van der Waals surface area contributed by atoms with E-state index < -0.39 is 16.2 Å². The monoisotopic (exact) mass is 287 g/mol. The van der Waals surface area contributed by atoms with E-state index in [-0.39, 0.29) is 22.5 Å². The van der Waals surface area contributed by atoms with E-state index in [2.05, 4.69) is 15.0 Å². The van der Waals surface area contributed by atoms with Gasteiger partial charge in [-0.15, -0.1) is 0 Å². The molecule has 1 aromatic carbocycles. The molecule has 0 spiro atoms. The molecule has 0 fully saturated rings. The zero-order chi connectivity index (χ0) is 15.1. The zero-order valence-electron chi connectivity index (χ0n) is 10.8. The predicted molar refractivity (Wildman–Crippen MR) is 73.7 cm³/mol. The summed E-state index contributed by atoms with van der Waals surface area (Å²) in [5, 5.41) is 11.1. The first-order chi connectivity index (χ1) is 9.99. The molecule has 0 aliphatic rings. The first-order valence-corrected chi connectivity index (χ1v) is 5.94. The predicted octanol–water partition coefficient (Wildman–Crippen LogP) is 0.619. The van der Waals surface area contributed by atoms with E-state index in [4.69, 9.17) is 0 Å². The Balaban J connectivity index is 2.48. The summed E-state index contributed by atoms with van der Waals surface area (Å²) in [5.41, 5.74) is -1.45. The van der Waals surface area contributed by atoms with Crippen molar-refractivity contribution in [2.45, 2.75) is 6.92 Å². The molecule has 0 bridgehead atoms. The first kappa shape index (κ1) is 12.8. The van der Waals surface area contributed by atoms with Crippen molar-refractivity contribution < 1.29 is 4.92 Å². The van der Waals surface area contributed by atoms with Gasteiger partial charge in [-0.1, -0.05) is 12.1 Å². The molecule has 0 saturated heterocycles. The number of aryl methyl sites for hydroxylation is 1. The lowest BCUT2D eigenvalue weighted by molar-refractivity contribution is -0.384. The third kappa shape index (κ3) is 1.91. The van der Waals surface area contributed by atoms with Gasteiger partial charge >= 0.3 is 5.69 Å². The molecule has 0 unspecified atom stereocenters. The van der Waals surface area contributed by atoms with Crippen molar-refractivity contribution in [3.05, 3.63) is 61.0 Å².